The van der Waals surface area contributed by atoms with E-state index < -0.39 is 0 Å². The summed E-state index contributed by atoms with van der Waals surface area (Å²) in [7, 11) is 0. The SMILES string of the molecule is Cc1nc2ccncc2cc1C(=O)N1CCN(c2ncccn2)CC1. The number of hydrogen-bond acceptors (Lipinski definition) is 6. The summed E-state index contributed by atoms with van der Waals surface area (Å²) in [5.41, 5.74) is 2.25. The van der Waals surface area contributed by atoms with Crippen molar-refractivity contribution in [2.75, 3.05) is 31.1 Å². The van der Waals surface area contributed by atoms with E-state index in [9.17, 15) is 4.79 Å². The summed E-state index contributed by atoms with van der Waals surface area (Å²) in [5, 5.41) is 0.882. The largest absolute Gasteiger partial charge is 0.337 e. The molecule has 7 nitrogen and oxygen atoms in total. The molecule has 4 heterocycles. The van der Waals surface area contributed by atoms with Gasteiger partial charge in [-0.2, -0.15) is 0 Å². The van der Waals surface area contributed by atoms with Crippen LogP contribution in [0.25, 0.3) is 10.9 Å². The highest BCUT2D eigenvalue weighted by Gasteiger charge is 2.24. The predicted octanol–water partition coefficient (Wildman–Crippen LogP) is 1.69. The summed E-state index contributed by atoms with van der Waals surface area (Å²) in [6.07, 6.45) is 6.92. The van der Waals surface area contributed by atoms with Gasteiger partial charge in [0.2, 0.25) is 5.95 Å². The molecule has 1 saturated heterocycles. The van der Waals surface area contributed by atoms with Gasteiger partial charge in [0.1, 0.15) is 0 Å². The second-order valence-corrected chi connectivity index (χ2v) is 6.02. The van der Waals surface area contributed by atoms with Crippen LogP contribution < -0.4 is 4.90 Å². The van der Waals surface area contributed by atoms with E-state index in [-0.39, 0.29) is 5.91 Å². The molecule has 3 aromatic rings. The van der Waals surface area contributed by atoms with E-state index in [1.54, 1.807) is 30.9 Å². The van der Waals surface area contributed by atoms with E-state index in [4.69, 9.17) is 0 Å². The molecule has 3 aromatic heterocycles. The smallest absolute Gasteiger partial charge is 0.255 e. The van der Waals surface area contributed by atoms with Crippen molar-refractivity contribution in [2.45, 2.75) is 6.92 Å². The number of aromatic nitrogens is 4. The molecule has 0 atom stereocenters. The zero-order valence-electron chi connectivity index (χ0n) is 14.0. The average Bonchev–Trinajstić information content (AvgIpc) is 2.68. The lowest BCUT2D eigenvalue weighted by atomic mass is 10.1. The van der Waals surface area contributed by atoms with Crippen LogP contribution in [0.15, 0.2) is 43.0 Å². The molecular formula is C18H18N6O. The number of hydrogen-bond donors (Lipinski definition) is 0. The van der Waals surface area contributed by atoms with Gasteiger partial charge in [0, 0.05) is 56.4 Å². The summed E-state index contributed by atoms with van der Waals surface area (Å²) >= 11 is 0. The number of aryl methyl sites for hydroxylation is 1. The van der Waals surface area contributed by atoms with E-state index in [1.165, 1.54) is 0 Å². The molecule has 1 fully saturated rings. The quantitative estimate of drug-likeness (QED) is 0.710. The van der Waals surface area contributed by atoms with Gasteiger partial charge >= 0.3 is 0 Å². The van der Waals surface area contributed by atoms with Crippen molar-refractivity contribution < 1.29 is 4.79 Å². The lowest BCUT2D eigenvalue weighted by molar-refractivity contribution is 0.0745. The van der Waals surface area contributed by atoms with E-state index in [0.717, 1.165) is 29.7 Å². The third-order valence-corrected chi connectivity index (χ3v) is 4.44. The summed E-state index contributed by atoms with van der Waals surface area (Å²) < 4.78 is 0. The zero-order chi connectivity index (χ0) is 17.2. The van der Waals surface area contributed by atoms with Gasteiger partial charge in [-0.1, -0.05) is 0 Å². The minimum atomic E-state index is 0.0179. The Bertz CT molecular complexity index is 906. The van der Waals surface area contributed by atoms with Gasteiger partial charge in [-0.05, 0) is 25.1 Å². The number of piperazine rings is 1. The molecule has 126 valence electrons. The first-order chi connectivity index (χ1) is 12.2. The Hall–Kier alpha value is -3.09. The van der Waals surface area contributed by atoms with Crippen molar-refractivity contribution in [3.05, 3.63) is 54.2 Å². The first-order valence-electron chi connectivity index (χ1n) is 8.25. The summed E-state index contributed by atoms with van der Waals surface area (Å²) in [5.74, 6) is 0.730. The van der Waals surface area contributed by atoms with Crippen LogP contribution in [0.3, 0.4) is 0 Å². The molecular weight excluding hydrogens is 316 g/mol. The molecule has 0 spiro atoms. The number of anilines is 1. The number of fused-ring (bicyclic) bond motifs is 1. The van der Waals surface area contributed by atoms with Gasteiger partial charge < -0.3 is 9.80 Å². The maximum atomic E-state index is 12.9. The number of rotatable bonds is 2. The highest BCUT2D eigenvalue weighted by atomic mass is 16.2. The molecule has 0 bridgehead atoms. The zero-order valence-corrected chi connectivity index (χ0v) is 14.0. The van der Waals surface area contributed by atoms with Crippen LogP contribution in [0.2, 0.25) is 0 Å². The molecule has 25 heavy (non-hydrogen) atoms. The molecule has 1 amide bonds. The fourth-order valence-corrected chi connectivity index (χ4v) is 3.06. The van der Waals surface area contributed by atoms with Crippen LogP contribution in [-0.2, 0) is 0 Å². The molecule has 0 aromatic carbocycles. The van der Waals surface area contributed by atoms with Gasteiger partial charge in [-0.3, -0.25) is 14.8 Å². The number of nitrogens with zero attached hydrogens (tertiary/aromatic N) is 6. The van der Waals surface area contributed by atoms with E-state index >= 15 is 0 Å². The fourth-order valence-electron chi connectivity index (χ4n) is 3.06. The second-order valence-electron chi connectivity index (χ2n) is 6.02. The molecule has 0 aliphatic carbocycles. The highest BCUT2D eigenvalue weighted by Crippen LogP contribution is 2.18. The minimum Gasteiger partial charge on any atom is -0.337 e. The maximum Gasteiger partial charge on any atom is 0.255 e. The van der Waals surface area contributed by atoms with Crippen molar-refractivity contribution in [3.8, 4) is 0 Å². The Morgan fingerprint density at radius 2 is 1.84 bits per heavy atom. The van der Waals surface area contributed by atoms with Gasteiger partial charge in [0.15, 0.2) is 0 Å². The molecule has 1 aliphatic heterocycles. The van der Waals surface area contributed by atoms with E-state index in [0.29, 0.717) is 24.6 Å². The number of pyridine rings is 2. The van der Waals surface area contributed by atoms with Crippen LogP contribution in [0, 0.1) is 6.92 Å². The molecule has 0 radical (unpaired) electrons. The van der Waals surface area contributed by atoms with Crippen molar-refractivity contribution in [1.29, 1.82) is 0 Å². The van der Waals surface area contributed by atoms with Crippen LogP contribution in [0.1, 0.15) is 16.1 Å². The number of carbonyl (C=O) groups is 1. The van der Waals surface area contributed by atoms with Crippen LogP contribution in [0.5, 0.6) is 0 Å². The first kappa shape index (κ1) is 15.4. The van der Waals surface area contributed by atoms with Crippen LogP contribution >= 0.6 is 0 Å². The minimum absolute atomic E-state index is 0.0179. The van der Waals surface area contributed by atoms with Gasteiger partial charge in [0.25, 0.3) is 5.91 Å². The monoisotopic (exact) mass is 334 g/mol. The topological polar surface area (TPSA) is 75.1 Å². The Labute approximate surface area is 145 Å². The summed E-state index contributed by atoms with van der Waals surface area (Å²) in [4.78, 5) is 34.1. The standard InChI is InChI=1S/C18H18N6O/c1-13-15(11-14-12-19-6-3-16(14)22-13)17(25)23-7-9-24(10-8-23)18-20-4-2-5-21-18/h2-6,11-12H,7-10H2,1H3. The molecule has 0 N–H and O–H groups in total. The van der Waals surface area contributed by atoms with Crippen molar-refractivity contribution >= 4 is 22.8 Å². The number of amides is 1. The Kier molecular flexibility index (Phi) is 3.97. The predicted molar refractivity (Wildman–Crippen MR) is 94.4 cm³/mol. The lowest BCUT2D eigenvalue weighted by Crippen LogP contribution is -2.49. The Balaban J connectivity index is 1.52. The molecule has 0 saturated carbocycles. The van der Waals surface area contributed by atoms with Crippen LogP contribution in [0.4, 0.5) is 5.95 Å². The fraction of sp³-hybridized carbons (Fsp3) is 0.278. The molecule has 1 aliphatic rings. The molecule has 0 unspecified atom stereocenters. The normalized spacial score (nSPS) is 14.8. The van der Waals surface area contributed by atoms with Crippen molar-refractivity contribution in [1.82, 2.24) is 24.8 Å². The lowest BCUT2D eigenvalue weighted by Gasteiger charge is -2.34. The van der Waals surface area contributed by atoms with Gasteiger partial charge in [-0.25, -0.2) is 9.97 Å². The second kappa shape index (κ2) is 6.43. The highest BCUT2D eigenvalue weighted by molar-refractivity contribution is 5.98. The molecule has 4 rings (SSSR count). The summed E-state index contributed by atoms with van der Waals surface area (Å²) in [6, 6.07) is 5.54. The Morgan fingerprint density at radius 3 is 2.60 bits per heavy atom. The maximum absolute atomic E-state index is 12.9. The van der Waals surface area contributed by atoms with Crippen molar-refractivity contribution in [2.24, 2.45) is 0 Å². The summed E-state index contributed by atoms with van der Waals surface area (Å²) in [6.45, 7) is 4.60. The van der Waals surface area contributed by atoms with Crippen LogP contribution in [-0.4, -0.2) is 56.9 Å². The van der Waals surface area contributed by atoms with Gasteiger partial charge in [-0.15, -0.1) is 0 Å². The van der Waals surface area contributed by atoms with E-state index in [2.05, 4.69) is 24.8 Å². The average molecular weight is 334 g/mol. The van der Waals surface area contributed by atoms with Crippen molar-refractivity contribution in [3.63, 3.8) is 0 Å². The Morgan fingerprint density at radius 1 is 1.08 bits per heavy atom. The third kappa shape index (κ3) is 3.00. The van der Waals surface area contributed by atoms with Gasteiger partial charge in [0.05, 0.1) is 16.8 Å². The first-order valence-corrected chi connectivity index (χ1v) is 8.25. The molecule has 7 heteroatoms. The third-order valence-electron chi connectivity index (χ3n) is 4.44. The van der Waals surface area contributed by atoms with E-state index in [1.807, 2.05) is 24.0 Å². The number of carbonyl (C=O) groups excluding carboxylic acids is 1.